The van der Waals surface area contributed by atoms with Gasteiger partial charge in [-0.15, -0.1) is 0 Å². The van der Waals surface area contributed by atoms with Crippen molar-refractivity contribution in [2.24, 2.45) is 0 Å². The fraction of sp³-hybridized carbons (Fsp3) is 0.786. The molecule has 0 aliphatic heterocycles. The molecule has 1 aromatic heterocycles. The molecule has 0 radical (unpaired) electrons. The van der Waals surface area contributed by atoms with Gasteiger partial charge in [-0.05, 0) is 33.1 Å². The van der Waals surface area contributed by atoms with Crippen LogP contribution in [0.5, 0.6) is 0 Å². The molecule has 1 aliphatic rings. The number of carboxylic acid groups (broad SMARTS) is 1. The zero-order valence-electron chi connectivity index (χ0n) is 12.2. The maximum Gasteiger partial charge on any atom is 0.303 e. The Hall–Kier alpha value is -1.17. The van der Waals surface area contributed by atoms with Crippen LogP contribution in [0.4, 0.5) is 5.13 Å². The first-order valence-corrected chi connectivity index (χ1v) is 8.07. The molecular weight excluding hydrogens is 274 g/mol. The molecule has 0 bridgehead atoms. The highest BCUT2D eigenvalue weighted by Crippen LogP contribution is 2.33. The van der Waals surface area contributed by atoms with E-state index in [-0.39, 0.29) is 12.0 Å². The van der Waals surface area contributed by atoms with Crippen LogP contribution in [-0.4, -0.2) is 26.0 Å². The number of carboxylic acids is 1. The van der Waals surface area contributed by atoms with E-state index in [1.54, 1.807) is 0 Å². The third-order valence-electron chi connectivity index (χ3n) is 3.82. The molecule has 6 heteroatoms. The van der Waals surface area contributed by atoms with Crippen LogP contribution in [0.15, 0.2) is 0 Å². The standard InChI is InChI=1S/C14H23N3O2S/c1-14(2,9-8-11(18)19)16-13-15-12(17-20-13)10-6-4-3-5-7-10/h10H,3-9H2,1-2H3,(H,18,19)(H,15,16,17). The molecule has 2 N–H and O–H groups in total. The van der Waals surface area contributed by atoms with Gasteiger partial charge < -0.3 is 10.4 Å². The Kier molecular flexibility index (Phi) is 4.96. The fourth-order valence-electron chi connectivity index (χ4n) is 2.58. The van der Waals surface area contributed by atoms with Crippen molar-refractivity contribution in [1.29, 1.82) is 0 Å². The number of nitrogens with zero attached hydrogens (tertiary/aromatic N) is 2. The molecule has 0 atom stereocenters. The SMILES string of the molecule is CC(C)(CCC(=O)O)Nc1nc(C2CCCCC2)ns1. The Morgan fingerprint density at radius 3 is 2.75 bits per heavy atom. The molecule has 1 fully saturated rings. The van der Waals surface area contributed by atoms with Crippen molar-refractivity contribution >= 4 is 22.6 Å². The van der Waals surface area contributed by atoms with Gasteiger partial charge in [-0.3, -0.25) is 4.79 Å². The van der Waals surface area contributed by atoms with Gasteiger partial charge in [-0.1, -0.05) is 19.3 Å². The summed E-state index contributed by atoms with van der Waals surface area (Å²) in [4.78, 5) is 15.3. The molecule has 1 aliphatic carbocycles. The minimum atomic E-state index is -0.764. The van der Waals surface area contributed by atoms with Crippen molar-refractivity contribution < 1.29 is 9.90 Å². The summed E-state index contributed by atoms with van der Waals surface area (Å²) in [7, 11) is 0. The maximum absolute atomic E-state index is 10.7. The predicted molar refractivity (Wildman–Crippen MR) is 80.3 cm³/mol. The van der Waals surface area contributed by atoms with E-state index >= 15 is 0 Å². The highest BCUT2D eigenvalue weighted by Gasteiger charge is 2.23. The van der Waals surface area contributed by atoms with E-state index in [0.29, 0.717) is 12.3 Å². The van der Waals surface area contributed by atoms with Crippen molar-refractivity contribution in [3.8, 4) is 0 Å². The van der Waals surface area contributed by atoms with Crippen LogP contribution in [0.3, 0.4) is 0 Å². The summed E-state index contributed by atoms with van der Waals surface area (Å²) in [6, 6.07) is 0. The van der Waals surface area contributed by atoms with Gasteiger partial charge in [-0.2, -0.15) is 4.37 Å². The lowest BCUT2D eigenvalue weighted by Crippen LogP contribution is -2.31. The molecule has 112 valence electrons. The van der Waals surface area contributed by atoms with E-state index in [1.807, 2.05) is 13.8 Å². The molecule has 0 spiro atoms. The average molecular weight is 297 g/mol. The van der Waals surface area contributed by atoms with Crippen molar-refractivity contribution in [2.75, 3.05) is 5.32 Å². The third kappa shape index (κ3) is 4.44. The second-order valence-corrected chi connectivity index (χ2v) is 6.95. The molecule has 0 unspecified atom stereocenters. The van der Waals surface area contributed by atoms with Crippen molar-refractivity contribution in [3.63, 3.8) is 0 Å². The van der Waals surface area contributed by atoms with Crippen LogP contribution in [-0.2, 0) is 4.79 Å². The molecule has 0 amide bonds. The molecule has 0 aromatic carbocycles. The summed E-state index contributed by atoms with van der Waals surface area (Å²) in [5, 5.41) is 12.9. The Morgan fingerprint density at radius 2 is 2.10 bits per heavy atom. The number of carbonyl (C=O) groups is 1. The Bertz CT molecular complexity index is 453. The number of aliphatic carboxylic acids is 1. The summed E-state index contributed by atoms with van der Waals surface area (Å²) in [6.07, 6.45) is 6.99. The van der Waals surface area contributed by atoms with Crippen LogP contribution in [0.1, 0.15) is 70.5 Å². The number of rotatable bonds is 6. The molecule has 1 heterocycles. The number of aromatic nitrogens is 2. The zero-order chi connectivity index (χ0) is 14.6. The first-order chi connectivity index (χ1) is 9.46. The van der Waals surface area contributed by atoms with Gasteiger partial charge in [0.05, 0.1) is 0 Å². The number of hydrogen-bond donors (Lipinski definition) is 2. The van der Waals surface area contributed by atoms with Gasteiger partial charge >= 0.3 is 5.97 Å². The van der Waals surface area contributed by atoms with Crippen molar-refractivity contribution in [2.45, 2.75) is 70.3 Å². The van der Waals surface area contributed by atoms with E-state index in [9.17, 15) is 4.79 Å². The van der Waals surface area contributed by atoms with Gasteiger partial charge in [0.1, 0.15) is 5.82 Å². The molecule has 0 saturated heterocycles. The Morgan fingerprint density at radius 1 is 1.40 bits per heavy atom. The van der Waals surface area contributed by atoms with Crippen LogP contribution >= 0.6 is 11.5 Å². The number of nitrogens with one attached hydrogen (secondary N) is 1. The van der Waals surface area contributed by atoms with E-state index in [2.05, 4.69) is 14.7 Å². The highest BCUT2D eigenvalue weighted by atomic mass is 32.1. The normalized spacial score (nSPS) is 17.1. The molecule has 2 rings (SSSR count). The van der Waals surface area contributed by atoms with Gasteiger partial charge in [0.2, 0.25) is 5.13 Å². The lowest BCUT2D eigenvalue weighted by atomic mass is 9.89. The fourth-order valence-corrected chi connectivity index (χ4v) is 3.41. The van der Waals surface area contributed by atoms with Crippen LogP contribution in [0, 0.1) is 0 Å². The number of anilines is 1. The highest BCUT2D eigenvalue weighted by molar-refractivity contribution is 7.09. The lowest BCUT2D eigenvalue weighted by molar-refractivity contribution is -0.137. The minimum Gasteiger partial charge on any atom is -0.481 e. The lowest BCUT2D eigenvalue weighted by Gasteiger charge is -2.25. The van der Waals surface area contributed by atoms with Crippen molar-refractivity contribution in [1.82, 2.24) is 9.36 Å². The average Bonchev–Trinajstić information content (AvgIpc) is 2.85. The van der Waals surface area contributed by atoms with Gasteiger partial charge in [0, 0.05) is 29.4 Å². The maximum atomic E-state index is 10.7. The Labute approximate surface area is 124 Å². The smallest absolute Gasteiger partial charge is 0.303 e. The van der Waals surface area contributed by atoms with Crippen LogP contribution < -0.4 is 5.32 Å². The minimum absolute atomic E-state index is 0.161. The van der Waals surface area contributed by atoms with E-state index in [0.717, 1.165) is 11.0 Å². The van der Waals surface area contributed by atoms with Crippen LogP contribution in [0.2, 0.25) is 0 Å². The monoisotopic (exact) mass is 297 g/mol. The summed E-state index contributed by atoms with van der Waals surface area (Å²) in [5.41, 5.74) is -0.276. The van der Waals surface area contributed by atoms with Gasteiger partial charge in [0.25, 0.3) is 0 Å². The molecule has 5 nitrogen and oxygen atoms in total. The Balaban J connectivity index is 1.92. The number of hydrogen-bond acceptors (Lipinski definition) is 5. The van der Waals surface area contributed by atoms with E-state index in [4.69, 9.17) is 5.11 Å². The first-order valence-electron chi connectivity index (χ1n) is 7.30. The second kappa shape index (κ2) is 6.52. The first kappa shape index (κ1) is 15.2. The summed E-state index contributed by atoms with van der Waals surface area (Å²) < 4.78 is 4.47. The molecule has 20 heavy (non-hydrogen) atoms. The topological polar surface area (TPSA) is 75.1 Å². The van der Waals surface area contributed by atoms with Gasteiger partial charge in [-0.25, -0.2) is 4.98 Å². The van der Waals surface area contributed by atoms with Gasteiger partial charge in [0.15, 0.2) is 0 Å². The predicted octanol–water partition coefficient (Wildman–Crippen LogP) is 3.64. The van der Waals surface area contributed by atoms with Crippen molar-refractivity contribution in [3.05, 3.63) is 5.82 Å². The second-order valence-electron chi connectivity index (χ2n) is 6.20. The molecule has 1 saturated carbocycles. The summed E-state index contributed by atoms with van der Waals surface area (Å²) in [5.74, 6) is 0.712. The summed E-state index contributed by atoms with van der Waals surface area (Å²) >= 11 is 1.38. The largest absolute Gasteiger partial charge is 0.481 e. The van der Waals surface area contributed by atoms with E-state index < -0.39 is 5.97 Å². The summed E-state index contributed by atoms with van der Waals surface area (Å²) in [6.45, 7) is 4.00. The third-order valence-corrected chi connectivity index (χ3v) is 4.47. The molecule has 1 aromatic rings. The van der Waals surface area contributed by atoms with E-state index in [1.165, 1.54) is 43.6 Å². The zero-order valence-corrected chi connectivity index (χ0v) is 13.0. The molecular formula is C14H23N3O2S. The quantitative estimate of drug-likeness (QED) is 0.838. The van der Waals surface area contributed by atoms with Crippen LogP contribution in [0.25, 0.3) is 0 Å².